The molecule has 0 saturated heterocycles. The molecular formula is C29H23FN6O3S. The van der Waals surface area contributed by atoms with Crippen LogP contribution in [0.15, 0.2) is 73.1 Å². The predicted octanol–water partition coefficient (Wildman–Crippen LogP) is 5.86. The maximum atomic E-state index is 15.6. The Morgan fingerprint density at radius 1 is 1.10 bits per heavy atom. The minimum absolute atomic E-state index is 0.168. The van der Waals surface area contributed by atoms with Crippen molar-refractivity contribution >= 4 is 44.7 Å². The Labute approximate surface area is 232 Å². The largest absolute Gasteiger partial charge is 0.424 e. The molecule has 2 aromatic carbocycles. The highest BCUT2D eigenvalue weighted by molar-refractivity contribution is 7.23. The summed E-state index contributed by atoms with van der Waals surface area (Å²) in [6.07, 6.45) is 5.85. The first-order valence-corrected chi connectivity index (χ1v) is 12.9. The molecule has 0 fully saturated rings. The van der Waals surface area contributed by atoms with E-state index in [0.717, 1.165) is 5.69 Å². The second kappa shape index (κ2) is 10.9. The van der Waals surface area contributed by atoms with E-state index in [4.69, 9.17) is 16.2 Å². The summed E-state index contributed by atoms with van der Waals surface area (Å²) in [5.41, 5.74) is 14.7. The number of amides is 2. The molecule has 0 bridgehead atoms. The van der Waals surface area contributed by atoms with Crippen LogP contribution in [-0.4, -0.2) is 26.8 Å². The van der Waals surface area contributed by atoms with E-state index in [1.165, 1.54) is 29.7 Å². The molecule has 0 atom stereocenters. The highest BCUT2D eigenvalue weighted by Gasteiger charge is 2.24. The zero-order chi connectivity index (χ0) is 28.4. The van der Waals surface area contributed by atoms with Gasteiger partial charge < -0.3 is 21.5 Å². The molecule has 3 heterocycles. The molecule has 5 aromatic rings. The first kappa shape index (κ1) is 26.4. The van der Waals surface area contributed by atoms with Gasteiger partial charge in [-0.15, -0.1) is 11.3 Å². The molecular weight excluding hydrogens is 531 g/mol. The summed E-state index contributed by atoms with van der Waals surface area (Å²) in [5, 5.41) is 3.10. The number of halogens is 1. The van der Waals surface area contributed by atoms with E-state index >= 15 is 4.39 Å². The fraction of sp³-hybridized carbons (Fsp3) is 0.0690. The number of benzene rings is 2. The zero-order valence-electron chi connectivity index (χ0n) is 21.4. The van der Waals surface area contributed by atoms with Gasteiger partial charge in [0.1, 0.15) is 17.4 Å². The summed E-state index contributed by atoms with van der Waals surface area (Å²) in [6, 6.07) is 13.4. The summed E-state index contributed by atoms with van der Waals surface area (Å²) in [4.78, 5) is 37.2. The number of hydrogen-bond donors (Lipinski definition) is 3. The Morgan fingerprint density at radius 3 is 2.55 bits per heavy atom. The number of carbonyl (C=O) groups is 2. The average Bonchev–Trinajstić information content (AvgIpc) is 3.30. The fourth-order valence-electron chi connectivity index (χ4n) is 4.15. The number of nitrogens with one attached hydrogen (secondary N) is 1. The molecule has 0 aliphatic heterocycles. The number of aryl methyl sites for hydroxylation is 1. The van der Waals surface area contributed by atoms with Gasteiger partial charge in [-0.05, 0) is 61.9 Å². The van der Waals surface area contributed by atoms with Crippen molar-refractivity contribution in [3.63, 3.8) is 0 Å². The summed E-state index contributed by atoms with van der Waals surface area (Å²) in [6.45, 7) is 3.55. The van der Waals surface area contributed by atoms with Crippen LogP contribution in [-0.2, 0) is 4.79 Å². The standard InChI is InChI=1S/C29H23FN6O3S/c1-3-4-22(37)36-17-7-10-19(21(30)13-17)25-23(24-26(40-25)20(28(32)38)14-34-27(24)31)16-5-8-18(9-6-16)39-29-33-12-11-15(2)35-29/h3-14H,1-2H3,(H2,31,34)(H2,32,38)(H,36,37). The number of primary amides is 1. The number of nitrogens with two attached hydrogens (primary N) is 2. The maximum Gasteiger partial charge on any atom is 0.322 e. The third-order valence-corrected chi connectivity index (χ3v) is 7.19. The Hall–Kier alpha value is -5.16. The Kier molecular flexibility index (Phi) is 7.21. The van der Waals surface area contributed by atoms with Crippen LogP contribution in [0.4, 0.5) is 15.9 Å². The number of nitrogen functional groups attached to an aromatic ring is 1. The minimum Gasteiger partial charge on any atom is -0.424 e. The summed E-state index contributed by atoms with van der Waals surface area (Å²) >= 11 is 1.18. The van der Waals surface area contributed by atoms with Gasteiger partial charge in [-0.1, -0.05) is 18.2 Å². The number of nitrogens with zero attached hydrogens (tertiary/aromatic N) is 3. The van der Waals surface area contributed by atoms with Gasteiger partial charge >= 0.3 is 6.01 Å². The number of hydrogen-bond acceptors (Lipinski definition) is 8. The lowest BCUT2D eigenvalue weighted by Crippen LogP contribution is -2.11. The SMILES string of the molecule is CC=CC(=O)Nc1ccc(-c2sc3c(C(N)=O)cnc(N)c3c2-c2ccc(Oc3nccc(C)n3)cc2)c(F)c1. The Balaban J connectivity index is 1.64. The monoisotopic (exact) mass is 554 g/mol. The van der Waals surface area contributed by atoms with E-state index < -0.39 is 11.7 Å². The van der Waals surface area contributed by atoms with E-state index in [-0.39, 0.29) is 28.9 Å². The number of anilines is 2. The highest BCUT2D eigenvalue weighted by Crippen LogP contribution is 2.48. The van der Waals surface area contributed by atoms with Gasteiger partial charge in [-0.3, -0.25) is 9.59 Å². The minimum atomic E-state index is -0.679. The molecule has 9 nitrogen and oxygen atoms in total. The molecule has 0 saturated carbocycles. The molecule has 2 amide bonds. The van der Waals surface area contributed by atoms with Crippen LogP contribution in [0, 0.1) is 12.7 Å². The number of aromatic nitrogens is 3. The number of fused-ring (bicyclic) bond motifs is 1. The number of thiophene rings is 1. The van der Waals surface area contributed by atoms with Crippen LogP contribution in [0.2, 0.25) is 0 Å². The number of carbonyl (C=O) groups excluding carboxylic acids is 2. The molecule has 5 N–H and O–H groups in total. The quantitative estimate of drug-likeness (QED) is 0.214. The lowest BCUT2D eigenvalue weighted by atomic mass is 9.98. The summed E-state index contributed by atoms with van der Waals surface area (Å²) in [7, 11) is 0. The molecule has 3 aromatic heterocycles. The van der Waals surface area contributed by atoms with E-state index in [0.29, 0.717) is 37.5 Å². The summed E-state index contributed by atoms with van der Waals surface area (Å²) in [5.74, 6) is -0.968. The van der Waals surface area contributed by atoms with Crippen molar-refractivity contribution in [1.29, 1.82) is 0 Å². The second-order valence-corrected chi connectivity index (χ2v) is 9.74. The van der Waals surface area contributed by atoms with Crippen LogP contribution in [0.1, 0.15) is 23.0 Å². The fourth-order valence-corrected chi connectivity index (χ4v) is 5.52. The molecule has 0 unspecified atom stereocenters. The van der Waals surface area contributed by atoms with Gasteiger partial charge in [0.15, 0.2) is 0 Å². The molecule has 11 heteroatoms. The zero-order valence-corrected chi connectivity index (χ0v) is 22.3. The van der Waals surface area contributed by atoms with Crippen LogP contribution in [0.3, 0.4) is 0 Å². The van der Waals surface area contributed by atoms with Crippen molar-refractivity contribution in [3.05, 3.63) is 90.2 Å². The van der Waals surface area contributed by atoms with Gasteiger partial charge in [0.25, 0.3) is 5.91 Å². The average molecular weight is 555 g/mol. The van der Waals surface area contributed by atoms with E-state index in [2.05, 4.69) is 20.3 Å². The van der Waals surface area contributed by atoms with Crippen LogP contribution in [0.25, 0.3) is 31.7 Å². The van der Waals surface area contributed by atoms with Gasteiger partial charge in [0.2, 0.25) is 5.91 Å². The molecule has 0 aliphatic carbocycles. The van der Waals surface area contributed by atoms with Crippen molar-refractivity contribution in [2.24, 2.45) is 5.73 Å². The predicted molar refractivity (Wildman–Crippen MR) is 154 cm³/mol. The molecule has 5 rings (SSSR count). The number of rotatable bonds is 7. The van der Waals surface area contributed by atoms with Gasteiger partial charge in [0, 0.05) is 45.2 Å². The van der Waals surface area contributed by atoms with Crippen molar-refractivity contribution in [2.75, 3.05) is 11.1 Å². The summed E-state index contributed by atoms with van der Waals surface area (Å²) < 4.78 is 21.8. The topological polar surface area (TPSA) is 146 Å². The van der Waals surface area contributed by atoms with Crippen molar-refractivity contribution < 1.29 is 18.7 Å². The lowest BCUT2D eigenvalue weighted by Gasteiger charge is -2.10. The third-order valence-electron chi connectivity index (χ3n) is 5.93. The van der Waals surface area contributed by atoms with Crippen molar-refractivity contribution in [2.45, 2.75) is 13.8 Å². The van der Waals surface area contributed by atoms with Crippen LogP contribution < -0.4 is 21.5 Å². The maximum absolute atomic E-state index is 15.6. The number of pyridine rings is 1. The van der Waals surface area contributed by atoms with E-state index in [1.54, 1.807) is 61.7 Å². The van der Waals surface area contributed by atoms with E-state index in [1.807, 2.05) is 6.92 Å². The lowest BCUT2D eigenvalue weighted by molar-refractivity contribution is -0.111. The van der Waals surface area contributed by atoms with E-state index in [9.17, 15) is 9.59 Å². The van der Waals surface area contributed by atoms with Crippen LogP contribution in [0.5, 0.6) is 11.8 Å². The van der Waals surface area contributed by atoms with Gasteiger partial charge in [0.05, 0.1) is 10.3 Å². The van der Waals surface area contributed by atoms with Crippen molar-refractivity contribution in [1.82, 2.24) is 15.0 Å². The highest BCUT2D eigenvalue weighted by atomic mass is 32.1. The number of ether oxygens (including phenoxy) is 1. The van der Waals surface area contributed by atoms with Gasteiger partial charge in [-0.25, -0.2) is 19.3 Å². The van der Waals surface area contributed by atoms with Crippen molar-refractivity contribution in [3.8, 4) is 33.3 Å². The third kappa shape index (κ3) is 5.22. The molecule has 40 heavy (non-hydrogen) atoms. The number of allylic oxidation sites excluding steroid dienone is 1. The Morgan fingerprint density at radius 2 is 1.88 bits per heavy atom. The molecule has 0 spiro atoms. The molecule has 200 valence electrons. The first-order valence-electron chi connectivity index (χ1n) is 12.1. The molecule has 0 radical (unpaired) electrons. The Bertz CT molecular complexity index is 1800. The molecule has 0 aliphatic rings. The van der Waals surface area contributed by atoms with Gasteiger partial charge in [-0.2, -0.15) is 0 Å². The second-order valence-electron chi connectivity index (χ2n) is 8.72. The first-order chi connectivity index (χ1) is 19.2. The van der Waals surface area contributed by atoms with Crippen LogP contribution >= 0.6 is 11.3 Å². The smallest absolute Gasteiger partial charge is 0.322 e. The normalized spacial score (nSPS) is 11.2.